The smallest absolute Gasteiger partial charge is 0.236 e. The summed E-state index contributed by atoms with van der Waals surface area (Å²) in [6.07, 6.45) is 1.46. The number of amidine groups is 1. The zero-order valence-corrected chi connectivity index (χ0v) is 13.7. The summed E-state index contributed by atoms with van der Waals surface area (Å²) in [4.78, 5) is 22.4. The molecule has 0 bridgehead atoms. The minimum Gasteiger partial charge on any atom is -0.493 e. The van der Waals surface area contributed by atoms with Crippen LogP contribution in [0.5, 0.6) is 11.5 Å². The minimum absolute atomic E-state index is 0.103. The first-order chi connectivity index (χ1) is 11.0. The zero-order chi connectivity index (χ0) is 16.8. The molecule has 1 aliphatic heterocycles. The second-order valence-electron chi connectivity index (χ2n) is 4.46. The molecule has 0 atom stereocenters. The number of anilines is 1. The third-order valence-corrected chi connectivity index (χ3v) is 3.66. The van der Waals surface area contributed by atoms with Crippen LogP contribution in [0, 0.1) is 0 Å². The van der Waals surface area contributed by atoms with Gasteiger partial charge in [0.25, 0.3) is 0 Å². The number of ether oxygens (including phenoxy) is 2. The molecule has 8 nitrogen and oxygen atoms in total. The molecular weight excluding hydrogens is 320 g/mol. The maximum atomic E-state index is 11.3. The number of amides is 2. The van der Waals surface area contributed by atoms with Crippen LogP contribution in [-0.4, -0.2) is 43.2 Å². The van der Waals surface area contributed by atoms with E-state index in [4.69, 9.17) is 9.47 Å². The van der Waals surface area contributed by atoms with E-state index in [1.807, 2.05) is 0 Å². The second-order valence-corrected chi connectivity index (χ2v) is 5.43. The molecule has 0 aromatic heterocycles. The van der Waals surface area contributed by atoms with Crippen LogP contribution in [0.15, 0.2) is 22.3 Å². The van der Waals surface area contributed by atoms with Gasteiger partial charge >= 0.3 is 0 Å². The Morgan fingerprint density at radius 1 is 1.35 bits per heavy atom. The first-order valence-electron chi connectivity index (χ1n) is 6.60. The van der Waals surface area contributed by atoms with E-state index in [2.05, 4.69) is 20.8 Å². The van der Waals surface area contributed by atoms with Gasteiger partial charge in [0.05, 0.1) is 31.9 Å². The highest BCUT2D eigenvalue weighted by atomic mass is 32.2. The van der Waals surface area contributed by atoms with Crippen molar-refractivity contribution in [2.24, 2.45) is 10.2 Å². The molecule has 0 unspecified atom stereocenters. The van der Waals surface area contributed by atoms with Gasteiger partial charge in [0, 0.05) is 18.6 Å². The Morgan fingerprint density at radius 3 is 2.61 bits per heavy atom. The van der Waals surface area contributed by atoms with Crippen LogP contribution < -0.4 is 20.1 Å². The molecule has 1 aromatic carbocycles. The largest absolute Gasteiger partial charge is 0.493 e. The first-order valence-corrected chi connectivity index (χ1v) is 7.59. The van der Waals surface area contributed by atoms with Gasteiger partial charge in [-0.15, -0.1) is 5.10 Å². The Labute approximate surface area is 137 Å². The summed E-state index contributed by atoms with van der Waals surface area (Å²) in [6, 6.07) is 3.31. The average Bonchev–Trinajstić information content (AvgIpc) is 2.93. The van der Waals surface area contributed by atoms with E-state index in [0.29, 0.717) is 33.7 Å². The normalized spacial score (nSPS) is 15.8. The van der Waals surface area contributed by atoms with Crippen LogP contribution in [-0.2, 0) is 9.59 Å². The van der Waals surface area contributed by atoms with Gasteiger partial charge in [0.1, 0.15) is 0 Å². The molecule has 0 saturated carbocycles. The Hall–Kier alpha value is -2.55. The van der Waals surface area contributed by atoms with Crippen molar-refractivity contribution in [3.63, 3.8) is 0 Å². The topological polar surface area (TPSA) is 101 Å². The van der Waals surface area contributed by atoms with Crippen molar-refractivity contribution >= 4 is 40.6 Å². The standard InChI is InChI=1S/C14H16N4O4S/c1-8(19)16-10-5-12(22-3)11(21-2)4-9(10)6-15-18-14-17-13(20)7-23-14/h4-6H,7H2,1-3H3,(H,16,19)(H,17,18,20). The van der Waals surface area contributed by atoms with E-state index in [9.17, 15) is 9.59 Å². The summed E-state index contributed by atoms with van der Waals surface area (Å²) >= 11 is 1.28. The average molecular weight is 336 g/mol. The van der Waals surface area contributed by atoms with Crippen molar-refractivity contribution in [1.82, 2.24) is 5.32 Å². The molecule has 1 saturated heterocycles. The van der Waals surface area contributed by atoms with Crippen molar-refractivity contribution < 1.29 is 19.1 Å². The van der Waals surface area contributed by atoms with E-state index in [-0.39, 0.29) is 11.8 Å². The van der Waals surface area contributed by atoms with Gasteiger partial charge < -0.3 is 20.1 Å². The van der Waals surface area contributed by atoms with Crippen LogP contribution in [0.4, 0.5) is 5.69 Å². The lowest BCUT2D eigenvalue weighted by Gasteiger charge is -2.12. The Balaban J connectivity index is 2.30. The monoisotopic (exact) mass is 336 g/mol. The molecule has 0 radical (unpaired) electrons. The van der Waals surface area contributed by atoms with Crippen LogP contribution in [0.25, 0.3) is 0 Å². The number of hydrogen-bond acceptors (Lipinski definition) is 7. The molecule has 23 heavy (non-hydrogen) atoms. The number of methoxy groups -OCH3 is 2. The lowest BCUT2D eigenvalue weighted by Crippen LogP contribution is -2.19. The second kappa shape index (κ2) is 7.63. The van der Waals surface area contributed by atoms with Gasteiger partial charge in [0.15, 0.2) is 16.7 Å². The predicted octanol–water partition coefficient (Wildman–Crippen LogP) is 1.22. The number of benzene rings is 1. The highest BCUT2D eigenvalue weighted by Gasteiger charge is 2.16. The van der Waals surface area contributed by atoms with Crippen molar-refractivity contribution in [2.75, 3.05) is 25.3 Å². The molecule has 1 aliphatic rings. The Bertz CT molecular complexity index is 688. The highest BCUT2D eigenvalue weighted by molar-refractivity contribution is 8.15. The fraction of sp³-hybridized carbons (Fsp3) is 0.286. The summed E-state index contributed by atoms with van der Waals surface area (Å²) in [7, 11) is 3.02. The van der Waals surface area contributed by atoms with Gasteiger partial charge in [-0.2, -0.15) is 5.10 Å². The Kier molecular flexibility index (Phi) is 5.58. The molecule has 2 rings (SSSR count). The summed E-state index contributed by atoms with van der Waals surface area (Å²) < 4.78 is 10.4. The fourth-order valence-electron chi connectivity index (χ4n) is 1.82. The van der Waals surface area contributed by atoms with Crippen molar-refractivity contribution in [2.45, 2.75) is 6.92 Å². The molecule has 0 spiro atoms. The van der Waals surface area contributed by atoms with Gasteiger partial charge in [-0.05, 0) is 6.07 Å². The Morgan fingerprint density at radius 2 is 2.04 bits per heavy atom. The summed E-state index contributed by atoms with van der Waals surface area (Å²) in [5, 5.41) is 13.6. The van der Waals surface area contributed by atoms with Gasteiger partial charge in [-0.1, -0.05) is 11.8 Å². The first kappa shape index (κ1) is 16.8. The van der Waals surface area contributed by atoms with Crippen LogP contribution in [0.2, 0.25) is 0 Å². The number of nitrogens with zero attached hydrogens (tertiary/aromatic N) is 2. The minimum atomic E-state index is -0.225. The number of carbonyl (C=O) groups is 2. The molecule has 0 aliphatic carbocycles. The summed E-state index contributed by atoms with van der Waals surface area (Å²) in [6.45, 7) is 1.41. The molecule has 1 fully saturated rings. The maximum absolute atomic E-state index is 11.3. The number of hydrogen-bond donors (Lipinski definition) is 2. The van der Waals surface area contributed by atoms with Gasteiger partial charge in [-0.25, -0.2) is 0 Å². The fourth-order valence-corrected chi connectivity index (χ4v) is 2.45. The molecule has 122 valence electrons. The predicted molar refractivity (Wildman–Crippen MR) is 89.5 cm³/mol. The lowest BCUT2D eigenvalue weighted by atomic mass is 10.1. The zero-order valence-electron chi connectivity index (χ0n) is 12.9. The van der Waals surface area contributed by atoms with E-state index < -0.39 is 0 Å². The van der Waals surface area contributed by atoms with Crippen molar-refractivity contribution in [3.8, 4) is 11.5 Å². The molecule has 1 heterocycles. The number of nitrogens with one attached hydrogen (secondary N) is 2. The SMILES string of the molecule is COc1cc(C=NN=C2NC(=O)CS2)c(NC(C)=O)cc1OC. The number of thioether (sulfide) groups is 1. The van der Waals surface area contributed by atoms with Crippen molar-refractivity contribution in [1.29, 1.82) is 0 Å². The van der Waals surface area contributed by atoms with Crippen molar-refractivity contribution in [3.05, 3.63) is 17.7 Å². The molecule has 1 aromatic rings. The third-order valence-electron chi connectivity index (χ3n) is 2.80. The number of rotatable bonds is 5. The van der Waals surface area contributed by atoms with Gasteiger partial charge in [-0.3, -0.25) is 9.59 Å². The summed E-state index contributed by atoms with van der Waals surface area (Å²) in [5.41, 5.74) is 1.11. The molecular formula is C14H16N4O4S. The molecule has 2 amide bonds. The highest BCUT2D eigenvalue weighted by Crippen LogP contribution is 2.32. The van der Waals surface area contributed by atoms with E-state index in [1.165, 1.54) is 39.1 Å². The van der Waals surface area contributed by atoms with E-state index in [1.54, 1.807) is 12.1 Å². The molecule has 9 heteroatoms. The number of carbonyl (C=O) groups excluding carboxylic acids is 2. The van der Waals surface area contributed by atoms with E-state index >= 15 is 0 Å². The third kappa shape index (κ3) is 4.46. The molecule has 2 N–H and O–H groups in total. The van der Waals surface area contributed by atoms with Crippen LogP contribution in [0.1, 0.15) is 12.5 Å². The van der Waals surface area contributed by atoms with E-state index in [0.717, 1.165) is 0 Å². The van der Waals surface area contributed by atoms with Crippen LogP contribution in [0.3, 0.4) is 0 Å². The lowest BCUT2D eigenvalue weighted by molar-refractivity contribution is -0.117. The summed E-state index contributed by atoms with van der Waals surface area (Å²) in [5.74, 6) is 0.991. The maximum Gasteiger partial charge on any atom is 0.236 e. The van der Waals surface area contributed by atoms with Crippen LogP contribution >= 0.6 is 11.8 Å². The quantitative estimate of drug-likeness (QED) is 0.622. The van der Waals surface area contributed by atoms with Gasteiger partial charge in [0.2, 0.25) is 11.8 Å².